The highest BCUT2D eigenvalue weighted by Crippen LogP contribution is 2.33. The molecule has 1 amide bonds. The maximum atomic E-state index is 12.3. The summed E-state index contributed by atoms with van der Waals surface area (Å²) in [5.41, 5.74) is 3.38. The lowest BCUT2D eigenvalue weighted by atomic mass is 9.91. The van der Waals surface area contributed by atoms with Crippen LogP contribution in [0.15, 0.2) is 36.5 Å². The van der Waals surface area contributed by atoms with Crippen molar-refractivity contribution in [1.29, 1.82) is 0 Å². The number of hydrogen-bond acceptors (Lipinski definition) is 5. The maximum absolute atomic E-state index is 12.3. The van der Waals surface area contributed by atoms with Gasteiger partial charge in [0.25, 0.3) is 0 Å². The Kier molecular flexibility index (Phi) is 6.23. The van der Waals surface area contributed by atoms with Gasteiger partial charge in [-0.15, -0.1) is 0 Å². The predicted octanol–water partition coefficient (Wildman–Crippen LogP) is 3.42. The molecule has 3 heterocycles. The van der Waals surface area contributed by atoms with Crippen molar-refractivity contribution in [2.24, 2.45) is 5.92 Å². The Labute approximate surface area is 178 Å². The molecule has 4 rings (SSSR count). The average molecular weight is 410 g/mol. The summed E-state index contributed by atoms with van der Waals surface area (Å²) in [6.07, 6.45) is 4.09. The van der Waals surface area contributed by atoms with Crippen molar-refractivity contribution in [2.75, 3.05) is 26.7 Å². The second-order valence-electron chi connectivity index (χ2n) is 8.43. The van der Waals surface area contributed by atoms with E-state index in [-0.39, 0.29) is 12.0 Å². The van der Waals surface area contributed by atoms with E-state index < -0.39 is 0 Å². The molecule has 0 spiro atoms. The van der Waals surface area contributed by atoms with E-state index in [1.54, 1.807) is 14.0 Å². The Morgan fingerprint density at radius 3 is 2.93 bits per heavy atom. The van der Waals surface area contributed by atoms with Gasteiger partial charge in [0.05, 0.1) is 19.3 Å². The molecule has 0 N–H and O–H groups in total. The van der Waals surface area contributed by atoms with Gasteiger partial charge in [-0.3, -0.25) is 14.7 Å². The number of amides is 1. The first kappa shape index (κ1) is 20.7. The summed E-state index contributed by atoms with van der Waals surface area (Å²) in [5.74, 6) is 2.10. The van der Waals surface area contributed by atoms with E-state index in [1.165, 1.54) is 5.56 Å². The van der Waals surface area contributed by atoms with E-state index in [0.717, 1.165) is 55.2 Å². The molecule has 2 aliphatic heterocycles. The van der Waals surface area contributed by atoms with Crippen LogP contribution < -0.4 is 9.47 Å². The van der Waals surface area contributed by atoms with E-state index in [4.69, 9.17) is 9.47 Å². The van der Waals surface area contributed by atoms with Crippen LogP contribution in [-0.4, -0.2) is 53.5 Å². The number of aromatic nitrogens is 1. The molecule has 1 saturated heterocycles. The van der Waals surface area contributed by atoms with Crippen LogP contribution in [0.25, 0.3) is 0 Å². The lowest BCUT2D eigenvalue weighted by Gasteiger charge is -2.37. The van der Waals surface area contributed by atoms with Crippen molar-refractivity contribution in [3.8, 4) is 11.5 Å². The van der Waals surface area contributed by atoms with Crippen molar-refractivity contribution < 1.29 is 14.3 Å². The normalized spacial score (nSPS) is 22.0. The number of fused-ring (bicyclic) bond motifs is 1. The molecule has 2 aromatic rings. The molecule has 2 atom stereocenters. The molecule has 1 fully saturated rings. The number of carbonyl (C=O) groups excluding carboxylic acids is 1. The van der Waals surface area contributed by atoms with Crippen LogP contribution in [0, 0.1) is 12.8 Å². The van der Waals surface area contributed by atoms with Gasteiger partial charge in [-0.1, -0.05) is 6.07 Å². The smallest absolute Gasteiger partial charge is 0.219 e. The molecule has 30 heavy (non-hydrogen) atoms. The van der Waals surface area contributed by atoms with E-state index >= 15 is 0 Å². The summed E-state index contributed by atoms with van der Waals surface area (Å²) >= 11 is 0. The van der Waals surface area contributed by atoms with Crippen molar-refractivity contribution in [3.05, 3.63) is 53.3 Å². The number of nitrogens with zero attached hydrogens (tertiary/aromatic N) is 3. The molecule has 160 valence electrons. The van der Waals surface area contributed by atoms with Gasteiger partial charge in [-0.25, -0.2) is 0 Å². The summed E-state index contributed by atoms with van der Waals surface area (Å²) in [6.45, 7) is 7.82. The van der Waals surface area contributed by atoms with Crippen LogP contribution in [0.5, 0.6) is 11.5 Å². The number of likely N-dealkylation sites (tertiary alicyclic amines) is 1. The first-order chi connectivity index (χ1) is 14.5. The molecule has 1 aromatic carbocycles. The number of methoxy groups -OCH3 is 1. The number of carbonyl (C=O) groups is 1. The summed E-state index contributed by atoms with van der Waals surface area (Å²) in [4.78, 5) is 21.3. The molecule has 0 aliphatic carbocycles. The number of pyridine rings is 1. The van der Waals surface area contributed by atoms with Crippen molar-refractivity contribution in [3.63, 3.8) is 0 Å². The second kappa shape index (κ2) is 9.04. The lowest BCUT2D eigenvalue weighted by Crippen LogP contribution is -2.46. The Morgan fingerprint density at radius 1 is 1.30 bits per heavy atom. The number of rotatable bonds is 4. The van der Waals surface area contributed by atoms with Gasteiger partial charge >= 0.3 is 0 Å². The molecule has 0 saturated carbocycles. The standard InChI is InChI=1S/C24H31N3O3/c1-17-6-4-10-25-22(17)15-26-11-5-7-19(13-26)24-16-27(18(2)28)14-20-12-21(29-3)8-9-23(20)30-24/h4,6,8-10,12,19,24H,5,7,11,13-16H2,1-3H3. The molecule has 2 aliphatic rings. The predicted molar refractivity (Wildman–Crippen MR) is 115 cm³/mol. The largest absolute Gasteiger partial charge is 0.497 e. The number of aryl methyl sites for hydroxylation is 1. The quantitative estimate of drug-likeness (QED) is 0.775. The van der Waals surface area contributed by atoms with Gasteiger partial charge in [0.2, 0.25) is 5.91 Å². The highest BCUT2D eigenvalue weighted by atomic mass is 16.5. The Morgan fingerprint density at radius 2 is 2.17 bits per heavy atom. The fourth-order valence-corrected chi connectivity index (χ4v) is 4.53. The van der Waals surface area contributed by atoms with Gasteiger partial charge < -0.3 is 14.4 Å². The van der Waals surface area contributed by atoms with Crippen LogP contribution in [0.1, 0.15) is 36.6 Å². The van der Waals surface area contributed by atoms with Gasteiger partial charge in [0, 0.05) is 44.2 Å². The average Bonchev–Trinajstić information content (AvgIpc) is 2.95. The van der Waals surface area contributed by atoms with Crippen molar-refractivity contribution in [1.82, 2.24) is 14.8 Å². The zero-order valence-electron chi connectivity index (χ0n) is 18.1. The Balaban J connectivity index is 1.52. The highest BCUT2D eigenvalue weighted by Gasteiger charge is 2.33. The van der Waals surface area contributed by atoms with Crippen LogP contribution in [0.2, 0.25) is 0 Å². The van der Waals surface area contributed by atoms with Crippen LogP contribution in [0.3, 0.4) is 0 Å². The summed E-state index contributed by atoms with van der Waals surface area (Å²) in [6, 6.07) is 9.98. The SMILES string of the molecule is COc1ccc2c(c1)CN(C(C)=O)CC(C1CCCN(Cc3ncccc3C)C1)O2. The molecular weight excluding hydrogens is 378 g/mol. The second-order valence-corrected chi connectivity index (χ2v) is 8.43. The summed E-state index contributed by atoms with van der Waals surface area (Å²) < 4.78 is 11.9. The van der Waals surface area contributed by atoms with Crippen LogP contribution >= 0.6 is 0 Å². The number of hydrogen-bond donors (Lipinski definition) is 0. The minimum absolute atomic E-state index is 0.0174. The van der Waals surface area contributed by atoms with E-state index in [9.17, 15) is 4.79 Å². The topological polar surface area (TPSA) is 54.9 Å². The number of benzene rings is 1. The Hall–Kier alpha value is -2.60. The number of piperidine rings is 1. The van der Waals surface area contributed by atoms with Crippen LogP contribution in [-0.2, 0) is 17.9 Å². The van der Waals surface area contributed by atoms with E-state index in [1.807, 2.05) is 35.4 Å². The first-order valence-corrected chi connectivity index (χ1v) is 10.8. The van der Waals surface area contributed by atoms with Gasteiger partial charge in [-0.05, 0) is 56.1 Å². The highest BCUT2D eigenvalue weighted by molar-refractivity contribution is 5.73. The molecule has 6 nitrogen and oxygen atoms in total. The fraction of sp³-hybridized carbons (Fsp3) is 0.500. The summed E-state index contributed by atoms with van der Waals surface area (Å²) in [7, 11) is 1.66. The van der Waals surface area contributed by atoms with Crippen LogP contribution in [0.4, 0.5) is 0 Å². The van der Waals surface area contributed by atoms with E-state index in [2.05, 4.69) is 22.9 Å². The minimum Gasteiger partial charge on any atom is -0.497 e. The van der Waals surface area contributed by atoms with Gasteiger partial charge in [0.1, 0.15) is 17.6 Å². The fourth-order valence-electron chi connectivity index (χ4n) is 4.53. The zero-order valence-corrected chi connectivity index (χ0v) is 18.1. The van der Waals surface area contributed by atoms with Gasteiger partial charge in [-0.2, -0.15) is 0 Å². The molecule has 6 heteroatoms. The third-order valence-electron chi connectivity index (χ3n) is 6.31. The third-order valence-corrected chi connectivity index (χ3v) is 6.31. The zero-order chi connectivity index (χ0) is 21.1. The molecule has 0 radical (unpaired) electrons. The molecule has 0 bridgehead atoms. The molecular formula is C24H31N3O3. The lowest BCUT2D eigenvalue weighted by molar-refractivity contribution is -0.130. The Bertz CT molecular complexity index is 901. The first-order valence-electron chi connectivity index (χ1n) is 10.8. The molecule has 2 unspecified atom stereocenters. The number of ether oxygens (including phenoxy) is 2. The minimum atomic E-state index is -0.0174. The van der Waals surface area contributed by atoms with Crippen molar-refractivity contribution in [2.45, 2.75) is 45.9 Å². The summed E-state index contributed by atoms with van der Waals surface area (Å²) in [5, 5.41) is 0. The molecule has 1 aromatic heterocycles. The third kappa shape index (κ3) is 4.59. The monoisotopic (exact) mass is 409 g/mol. The van der Waals surface area contributed by atoms with Gasteiger partial charge in [0.15, 0.2) is 0 Å². The van der Waals surface area contributed by atoms with Crippen molar-refractivity contribution >= 4 is 5.91 Å². The van der Waals surface area contributed by atoms with E-state index in [0.29, 0.717) is 19.0 Å². The maximum Gasteiger partial charge on any atom is 0.219 e.